The molecule has 3 rings (SSSR count). The third kappa shape index (κ3) is 5.28. The molecule has 1 aromatic heterocycles. The van der Waals surface area contributed by atoms with Gasteiger partial charge in [-0.25, -0.2) is 4.79 Å². The SMILES string of the molecule is COc1cc2ncc(C(N)=O)c(Nc3ccc(Cl)c(Cl)c3)c2cc1CCCNC(=O)O. The Morgan fingerprint density at radius 1 is 1.19 bits per heavy atom. The van der Waals surface area contributed by atoms with Crippen molar-refractivity contribution in [2.45, 2.75) is 12.8 Å². The number of pyridine rings is 1. The number of methoxy groups -OCH3 is 1. The number of carbonyl (C=O) groups is 2. The van der Waals surface area contributed by atoms with Gasteiger partial charge in [-0.05, 0) is 42.7 Å². The molecule has 0 saturated carbocycles. The summed E-state index contributed by atoms with van der Waals surface area (Å²) < 4.78 is 5.48. The van der Waals surface area contributed by atoms with Crippen LogP contribution in [0.25, 0.3) is 10.9 Å². The second-order valence-electron chi connectivity index (χ2n) is 6.68. The van der Waals surface area contributed by atoms with Crippen molar-refractivity contribution in [2.24, 2.45) is 5.73 Å². The number of nitrogens with two attached hydrogens (primary N) is 1. The fourth-order valence-corrected chi connectivity index (χ4v) is 3.46. The lowest BCUT2D eigenvalue weighted by atomic mass is 10.0. The number of hydrogen-bond donors (Lipinski definition) is 4. The number of nitrogens with zero attached hydrogens (tertiary/aromatic N) is 1. The highest BCUT2D eigenvalue weighted by Gasteiger charge is 2.17. The van der Waals surface area contributed by atoms with Crippen LogP contribution in [0.4, 0.5) is 16.2 Å². The molecule has 0 aliphatic rings. The highest BCUT2D eigenvalue weighted by atomic mass is 35.5. The molecule has 2 aromatic carbocycles. The molecule has 0 spiro atoms. The number of benzene rings is 2. The molecule has 10 heteroatoms. The molecule has 5 N–H and O–H groups in total. The summed E-state index contributed by atoms with van der Waals surface area (Å²) in [6.45, 7) is 0.296. The largest absolute Gasteiger partial charge is 0.496 e. The Balaban J connectivity index is 2.07. The van der Waals surface area contributed by atoms with Crippen LogP contribution in [0.3, 0.4) is 0 Å². The Labute approximate surface area is 188 Å². The van der Waals surface area contributed by atoms with Crippen molar-refractivity contribution in [2.75, 3.05) is 19.0 Å². The number of aryl methyl sites for hydroxylation is 1. The van der Waals surface area contributed by atoms with E-state index >= 15 is 0 Å². The van der Waals surface area contributed by atoms with Crippen LogP contribution < -0.4 is 21.1 Å². The van der Waals surface area contributed by atoms with Crippen LogP contribution in [0.15, 0.2) is 36.5 Å². The molecule has 2 amide bonds. The average Bonchev–Trinajstić information content (AvgIpc) is 2.73. The lowest BCUT2D eigenvalue weighted by Gasteiger charge is -2.16. The van der Waals surface area contributed by atoms with Gasteiger partial charge in [0.05, 0.1) is 33.9 Å². The van der Waals surface area contributed by atoms with Crippen molar-refractivity contribution in [1.29, 1.82) is 0 Å². The van der Waals surface area contributed by atoms with E-state index in [4.69, 9.17) is 38.8 Å². The zero-order valence-electron chi connectivity index (χ0n) is 16.5. The van der Waals surface area contributed by atoms with Gasteiger partial charge in [0.15, 0.2) is 0 Å². The van der Waals surface area contributed by atoms with E-state index in [1.165, 1.54) is 6.20 Å². The first kappa shape index (κ1) is 22.5. The Kier molecular flexibility index (Phi) is 7.04. The summed E-state index contributed by atoms with van der Waals surface area (Å²) in [5.41, 5.74) is 8.31. The quantitative estimate of drug-likeness (QED) is 0.362. The monoisotopic (exact) mass is 462 g/mol. The minimum absolute atomic E-state index is 0.210. The number of rotatable bonds is 8. The Morgan fingerprint density at radius 3 is 2.61 bits per heavy atom. The molecule has 8 nitrogen and oxygen atoms in total. The van der Waals surface area contributed by atoms with E-state index in [9.17, 15) is 9.59 Å². The fourth-order valence-electron chi connectivity index (χ4n) is 3.16. The number of aromatic nitrogens is 1. The van der Waals surface area contributed by atoms with E-state index < -0.39 is 12.0 Å². The van der Waals surface area contributed by atoms with Gasteiger partial charge in [-0.3, -0.25) is 9.78 Å². The van der Waals surface area contributed by atoms with Gasteiger partial charge in [0.2, 0.25) is 0 Å². The van der Waals surface area contributed by atoms with Crippen molar-refractivity contribution >= 4 is 57.5 Å². The first-order chi connectivity index (χ1) is 14.8. The molecule has 0 fully saturated rings. The number of anilines is 2. The Bertz CT molecular complexity index is 1150. The van der Waals surface area contributed by atoms with Crippen LogP contribution in [0.5, 0.6) is 5.75 Å². The lowest BCUT2D eigenvalue weighted by Crippen LogP contribution is -2.22. The number of primary amides is 1. The second kappa shape index (κ2) is 9.72. The summed E-state index contributed by atoms with van der Waals surface area (Å²) >= 11 is 12.1. The molecule has 1 heterocycles. The van der Waals surface area contributed by atoms with Crippen molar-refractivity contribution in [3.8, 4) is 5.75 Å². The number of carbonyl (C=O) groups excluding carboxylic acids is 1. The van der Waals surface area contributed by atoms with Crippen molar-refractivity contribution in [3.63, 3.8) is 0 Å². The lowest BCUT2D eigenvalue weighted by molar-refractivity contribution is 0.100. The Hall–Kier alpha value is -3.23. The standard InChI is InChI=1S/C21H20Cl2N4O4/c1-31-18-9-17-13(7-11(18)3-2-6-25-21(29)30)19(14(10-26-17)20(24)28)27-12-4-5-15(22)16(23)8-12/h4-5,7-10,25H,2-3,6H2,1H3,(H2,24,28)(H,26,27)(H,29,30). The van der Waals surface area contributed by atoms with Gasteiger partial charge in [0.25, 0.3) is 5.91 Å². The predicted octanol–water partition coefficient (Wildman–Crippen LogP) is 4.59. The van der Waals surface area contributed by atoms with E-state index in [0.717, 1.165) is 5.56 Å². The zero-order valence-corrected chi connectivity index (χ0v) is 18.0. The number of hydrogen-bond acceptors (Lipinski definition) is 5. The molecule has 31 heavy (non-hydrogen) atoms. The normalized spacial score (nSPS) is 10.7. The van der Waals surface area contributed by atoms with E-state index in [2.05, 4.69) is 15.6 Å². The zero-order chi connectivity index (χ0) is 22.5. The van der Waals surface area contributed by atoms with E-state index in [-0.39, 0.29) is 5.56 Å². The van der Waals surface area contributed by atoms with Crippen LogP contribution >= 0.6 is 23.2 Å². The molecular weight excluding hydrogens is 443 g/mol. The number of amides is 2. The van der Waals surface area contributed by atoms with Crippen molar-refractivity contribution < 1.29 is 19.4 Å². The summed E-state index contributed by atoms with van der Waals surface area (Å²) in [4.78, 5) is 27.1. The van der Waals surface area contributed by atoms with Crippen LogP contribution in [0, 0.1) is 0 Å². The topological polar surface area (TPSA) is 127 Å². The molecule has 0 atom stereocenters. The van der Waals surface area contributed by atoms with Gasteiger partial charge in [0, 0.05) is 29.9 Å². The molecule has 0 aliphatic carbocycles. The minimum Gasteiger partial charge on any atom is -0.496 e. The van der Waals surface area contributed by atoms with Crippen LogP contribution in [-0.4, -0.2) is 35.7 Å². The van der Waals surface area contributed by atoms with E-state index in [1.54, 1.807) is 31.4 Å². The van der Waals surface area contributed by atoms with Crippen LogP contribution in [-0.2, 0) is 6.42 Å². The predicted molar refractivity (Wildman–Crippen MR) is 121 cm³/mol. The molecule has 0 aliphatic heterocycles. The summed E-state index contributed by atoms with van der Waals surface area (Å²) in [6.07, 6.45) is 1.44. The van der Waals surface area contributed by atoms with Gasteiger partial charge in [-0.2, -0.15) is 0 Å². The highest BCUT2D eigenvalue weighted by molar-refractivity contribution is 6.42. The fraction of sp³-hybridized carbons (Fsp3) is 0.190. The number of carboxylic acid groups (broad SMARTS) is 1. The number of nitrogens with one attached hydrogen (secondary N) is 2. The average molecular weight is 463 g/mol. The van der Waals surface area contributed by atoms with Gasteiger partial charge in [-0.15, -0.1) is 0 Å². The summed E-state index contributed by atoms with van der Waals surface area (Å²) in [5.74, 6) is -0.0253. The molecular formula is C21H20Cl2N4O4. The second-order valence-corrected chi connectivity index (χ2v) is 7.50. The molecule has 0 unspecified atom stereocenters. The highest BCUT2D eigenvalue weighted by Crippen LogP contribution is 2.35. The molecule has 3 aromatic rings. The molecule has 162 valence electrons. The molecule has 0 bridgehead atoms. The molecule has 0 radical (unpaired) electrons. The third-order valence-corrected chi connectivity index (χ3v) is 5.36. The maximum absolute atomic E-state index is 12.1. The van der Waals surface area contributed by atoms with Gasteiger partial charge in [0.1, 0.15) is 5.75 Å². The first-order valence-corrected chi connectivity index (χ1v) is 10.0. The van der Waals surface area contributed by atoms with E-state index in [1.807, 2.05) is 6.07 Å². The smallest absolute Gasteiger partial charge is 0.404 e. The number of ether oxygens (including phenoxy) is 1. The van der Waals surface area contributed by atoms with Crippen LogP contribution in [0.1, 0.15) is 22.3 Å². The number of fused-ring (bicyclic) bond motifs is 1. The van der Waals surface area contributed by atoms with Crippen molar-refractivity contribution in [1.82, 2.24) is 10.3 Å². The summed E-state index contributed by atoms with van der Waals surface area (Å²) in [7, 11) is 1.55. The van der Waals surface area contributed by atoms with Crippen molar-refractivity contribution in [3.05, 3.63) is 57.7 Å². The maximum atomic E-state index is 12.1. The maximum Gasteiger partial charge on any atom is 0.404 e. The summed E-state index contributed by atoms with van der Waals surface area (Å²) in [5, 5.41) is 15.7. The van der Waals surface area contributed by atoms with Crippen LogP contribution in [0.2, 0.25) is 10.0 Å². The van der Waals surface area contributed by atoms with Gasteiger partial charge < -0.3 is 26.2 Å². The third-order valence-electron chi connectivity index (χ3n) is 4.62. The Morgan fingerprint density at radius 2 is 1.97 bits per heavy atom. The molecule has 0 saturated heterocycles. The van der Waals surface area contributed by atoms with Gasteiger partial charge >= 0.3 is 6.09 Å². The first-order valence-electron chi connectivity index (χ1n) is 9.28. The summed E-state index contributed by atoms with van der Waals surface area (Å²) in [6, 6.07) is 8.63. The number of halogens is 2. The van der Waals surface area contributed by atoms with Gasteiger partial charge in [-0.1, -0.05) is 23.2 Å². The minimum atomic E-state index is -1.08. The van der Waals surface area contributed by atoms with E-state index in [0.29, 0.717) is 57.5 Å².